The van der Waals surface area contributed by atoms with Gasteiger partial charge in [-0.2, -0.15) is 4.98 Å². The number of fused-ring (bicyclic) bond motifs is 1. The molecule has 0 amide bonds. The molecule has 0 radical (unpaired) electrons. The normalized spacial score (nSPS) is 22.8. The van der Waals surface area contributed by atoms with E-state index in [4.69, 9.17) is 4.42 Å². The van der Waals surface area contributed by atoms with Crippen LogP contribution in [0, 0.1) is 5.41 Å². The second-order valence-corrected chi connectivity index (χ2v) is 5.38. The molecule has 4 rings (SSSR count). The Morgan fingerprint density at radius 2 is 2.06 bits per heavy atom. The van der Waals surface area contributed by atoms with Gasteiger partial charge in [-0.05, 0) is 25.0 Å². The first-order valence-corrected chi connectivity index (χ1v) is 6.03. The van der Waals surface area contributed by atoms with E-state index < -0.39 is 0 Å². The van der Waals surface area contributed by atoms with Crippen LogP contribution in [0.2, 0.25) is 0 Å². The largest absolute Gasteiger partial charge is 0.423 e. The highest BCUT2D eigenvalue weighted by molar-refractivity contribution is 5.74. The summed E-state index contributed by atoms with van der Waals surface area (Å²) in [6, 6.07) is 8.55. The molecule has 2 fully saturated rings. The summed E-state index contributed by atoms with van der Waals surface area (Å²) < 4.78 is 5.71. The summed E-state index contributed by atoms with van der Waals surface area (Å²) >= 11 is 0. The number of anilines is 1. The predicted molar refractivity (Wildman–Crippen MR) is 63.9 cm³/mol. The van der Waals surface area contributed by atoms with E-state index >= 15 is 0 Å². The van der Waals surface area contributed by atoms with Crippen molar-refractivity contribution in [2.24, 2.45) is 5.41 Å². The average Bonchev–Trinajstić information content (AvgIpc) is 2.64. The Bertz CT molecular complexity index is 531. The highest BCUT2D eigenvalue weighted by Crippen LogP contribution is 2.49. The molecule has 1 aliphatic carbocycles. The van der Waals surface area contributed by atoms with Crippen LogP contribution in [0.15, 0.2) is 28.7 Å². The van der Waals surface area contributed by atoms with Crippen molar-refractivity contribution in [3.8, 4) is 0 Å². The van der Waals surface area contributed by atoms with Crippen LogP contribution in [-0.2, 0) is 0 Å². The molecule has 1 aliphatic heterocycles. The summed E-state index contributed by atoms with van der Waals surface area (Å²) in [7, 11) is 0. The van der Waals surface area contributed by atoms with Crippen LogP contribution in [0.5, 0.6) is 0 Å². The molecule has 1 aromatic carbocycles. The van der Waals surface area contributed by atoms with Crippen LogP contribution in [0.1, 0.15) is 12.8 Å². The van der Waals surface area contributed by atoms with Gasteiger partial charge in [-0.25, -0.2) is 0 Å². The van der Waals surface area contributed by atoms with E-state index in [-0.39, 0.29) is 6.10 Å². The first kappa shape index (κ1) is 9.48. The highest BCUT2D eigenvalue weighted by Gasteiger charge is 2.53. The number of aliphatic hydroxyl groups excluding tert-OH is 1. The molecule has 4 heteroatoms. The molecule has 0 atom stereocenters. The van der Waals surface area contributed by atoms with Gasteiger partial charge in [0.15, 0.2) is 5.58 Å². The number of aromatic nitrogens is 1. The van der Waals surface area contributed by atoms with Crippen molar-refractivity contribution in [3.05, 3.63) is 24.3 Å². The number of hydrogen-bond donors (Lipinski definition) is 1. The topological polar surface area (TPSA) is 49.5 Å². The molecule has 0 unspecified atom stereocenters. The van der Waals surface area contributed by atoms with Crippen molar-refractivity contribution < 1.29 is 9.52 Å². The van der Waals surface area contributed by atoms with E-state index in [0.29, 0.717) is 5.41 Å². The van der Waals surface area contributed by atoms with Crippen molar-refractivity contribution >= 4 is 17.1 Å². The number of nitrogens with zero attached hydrogens (tertiary/aromatic N) is 2. The van der Waals surface area contributed by atoms with Gasteiger partial charge in [-0.3, -0.25) is 0 Å². The minimum absolute atomic E-state index is 0.0826. The summed E-state index contributed by atoms with van der Waals surface area (Å²) in [5.41, 5.74) is 2.11. The van der Waals surface area contributed by atoms with Gasteiger partial charge in [0.25, 0.3) is 6.01 Å². The zero-order valence-electron chi connectivity index (χ0n) is 9.47. The molecule has 1 aromatic heterocycles. The molecule has 1 saturated carbocycles. The van der Waals surface area contributed by atoms with Crippen molar-refractivity contribution in [3.63, 3.8) is 0 Å². The number of oxazole rings is 1. The van der Waals surface area contributed by atoms with Crippen LogP contribution < -0.4 is 4.90 Å². The van der Waals surface area contributed by atoms with E-state index in [9.17, 15) is 5.11 Å². The molecule has 17 heavy (non-hydrogen) atoms. The standard InChI is InChI=1S/C13H14N2O2/c16-9-5-13(6-9)7-15(8-13)12-14-10-3-1-2-4-11(10)17-12/h1-4,9,16H,5-8H2. The molecule has 2 heterocycles. The van der Waals surface area contributed by atoms with Gasteiger partial charge in [0.2, 0.25) is 0 Å². The lowest BCUT2D eigenvalue weighted by Gasteiger charge is -2.57. The molecule has 1 spiro atoms. The van der Waals surface area contributed by atoms with Gasteiger partial charge in [0.1, 0.15) is 5.52 Å². The van der Waals surface area contributed by atoms with E-state index in [1.165, 1.54) is 0 Å². The molecule has 4 nitrogen and oxygen atoms in total. The fraction of sp³-hybridized carbons (Fsp3) is 0.462. The third kappa shape index (κ3) is 1.30. The Balaban J connectivity index is 1.57. The van der Waals surface area contributed by atoms with Crippen LogP contribution in [-0.4, -0.2) is 29.3 Å². The molecule has 1 N–H and O–H groups in total. The van der Waals surface area contributed by atoms with Crippen molar-refractivity contribution in [1.29, 1.82) is 0 Å². The summed E-state index contributed by atoms with van der Waals surface area (Å²) in [6.07, 6.45) is 1.79. The number of hydrogen-bond acceptors (Lipinski definition) is 4. The summed E-state index contributed by atoms with van der Waals surface area (Å²) in [4.78, 5) is 6.63. The smallest absolute Gasteiger partial charge is 0.298 e. The molecule has 1 saturated heterocycles. The Hall–Kier alpha value is -1.55. The molecule has 88 valence electrons. The second-order valence-electron chi connectivity index (χ2n) is 5.38. The Morgan fingerprint density at radius 1 is 1.29 bits per heavy atom. The fourth-order valence-electron chi connectivity index (χ4n) is 3.09. The Labute approximate surface area is 98.9 Å². The first-order valence-electron chi connectivity index (χ1n) is 6.03. The fourth-order valence-corrected chi connectivity index (χ4v) is 3.09. The van der Waals surface area contributed by atoms with Gasteiger partial charge >= 0.3 is 0 Å². The van der Waals surface area contributed by atoms with Crippen molar-refractivity contribution in [2.45, 2.75) is 18.9 Å². The third-order valence-electron chi connectivity index (χ3n) is 3.94. The Kier molecular flexibility index (Phi) is 1.68. The van der Waals surface area contributed by atoms with Crippen LogP contribution >= 0.6 is 0 Å². The molecular formula is C13H14N2O2. The number of benzene rings is 1. The lowest BCUT2D eigenvalue weighted by atomic mass is 9.62. The third-order valence-corrected chi connectivity index (χ3v) is 3.94. The lowest BCUT2D eigenvalue weighted by molar-refractivity contribution is -0.0507. The van der Waals surface area contributed by atoms with E-state index in [2.05, 4.69) is 9.88 Å². The van der Waals surface area contributed by atoms with E-state index in [1.807, 2.05) is 24.3 Å². The number of aliphatic hydroxyl groups is 1. The van der Waals surface area contributed by atoms with Crippen LogP contribution in [0.4, 0.5) is 6.01 Å². The van der Waals surface area contributed by atoms with Crippen molar-refractivity contribution in [1.82, 2.24) is 4.98 Å². The second kappa shape index (κ2) is 3.01. The maximum atomic E-state index is 9.36. The lowest BCUT2D eigenvalue weighted by Crippen LogP contribution is -2.64. The number of rotatable bonds is 1. The predicted octanol–water partition coefficient (Wildman–Crippen LogP) is 1.79. The first-order chi connectivity index (χ1) is 8.24. The van der Waals surface area contributed by atoms with E-state index in [0.717, 1.165) is 43.0 Å². The quantitative estimate of drug-likeness (QED) is 0.811. The zero-order valence-corrected chi connectivity index (χ0v) is 9.47. The summed E-state index contributed by atoms with van der Waals surface area (Å²) in [6.45, 7) is 1.94. The Morgan fingerprint density at radius 3 is 2.76 bits per heavy atom. The van der Waals surface area contributed by atoms with E-state index in [1.54, 1.807) is 0 Å². The maximum Gasteiger partial charge on any atom is 0.298 e. The average molecular weight is 230 g/mol. The number of para-hydroxylation sites is 2. The van der Waals surface area contributed by atoms with Crippen LogP contribution in [0.3, 0.4) is 0 Å². The summed E-state index contributed by atoms with van der Waals surface area (Å²) in [5.74, 6) is 0. The minimum Gasteiger partial charge on any atom is -0.423 e. The van der Waals surface area contributed by atoms with Gasteiger partial charge in [0.05, 0.1) is 6.10 Å². The zero-order chi connectivity index (χ0) is 11.5. The molecular weight excluding hydrogens is 216 g/mol. The minimum atomic E-state index is -0.0826. The van der Waals surface area contributed by atoms with Crippen LogP contribution in [0.25, 0.3) is 11.1 Å². The van der Waals surface area contributed by atoms with Gasteiger partial charge in [-0.1, -0.05) is 12.1 Å². The SMILES string of the molecule is OC1CC2(C1)CN(c1nc3ccccc3o1)C2. The highest BCUT2D eigenvalue weighted by atomic mass is 16.4. The molecule has 0 bridgehead atoms. The monoisotopic (exact) mass is 230 g/mol. The van der Waals surface area contributed by atoms with Gasteiger partial charge in [-0.15, -0.1) is 0 Å². The van der Waals surface area contributed by atoms with Gasteiger partial charge < -0.3 is 14.4 Å². The van der Waals surface area contributed by atoms with Crippen molar-refractivity contribution in [2.75, 3.05) is 18.0 Å². The summed E-state index contributed by atoms with van der Waals surface area (Å²) in [5, 5.41) is 9.36. The van der Waals surface area contributed by atoms with Gasteiger partial charge in [0, 0.05) is 18.5 Å². The molecule has 2 aliphatic rings. The maximum absolute atomic E-state index is 9.36. The molecule has 2 aromatic rings.